The van der Waals surface area contributed by atoms with E-state index in [1.807, 2.05) is 13.0 Å². The zero-order chi connectivity index (χ0) is 23.9. The van der Waals surface area contributed by atoms with Crippen molar-refractivity contribution in [1.82, 2.24) is 9.88 Å². The second-order valence-corrected chi connectivity index (χ2v) is 10.4. The van der Waals surface area contributed by atoms with Crippen molar-refractivity contribution in [3.8, 4) is 10.6 Å². The summed E-state index contributed by atoms with van der Waals surface area (Å²) < 4.78 is 5.15. The molecule has 0 atom stereocenters. The van der Waals surface area contributed by atoms with Gasteiger partial charge in [0, 0.05) is 12.1 Å². The maximum atomic E-state index is 12.0. The number of hydrogen-bond acceptors (Lipinski definition) is 6. The number of carbonyl (C=O) groups is 1. The van der Waals surface area contributed by atoms with Crippen molar-refractivity contribution in [2.45, 2.75) is 32.6 Å². The van der Waals surface area contributed by atoms with Gasteiger partial charge in [0.25, 0.3) is 0 Å². The third-order valence-corrected chi connectivity index (χ3v) is 7.41. The summed E-state index contributed by atoms with van der Waals surface area (Å²) in [5.74, 6) is -0.170. The number of allylic oxidation sites excluding steroid dienone is 2. The van der Waals surface area contributed by atoms with Crippen LogP contribution in [0.1, 0.15) is 42.3 Å². The lowest BCUT2D eigenvalue weighted by molar-refractivity contribution is -0.143. The quantitative estimate of drug-likeness (QED) is 0.314. The van der Waals surface area contributed by atoms with Crippen LogP contribution in [0.25, 0.3) is 16.6 Å². The summed E-state index contributed by atoms with van der Waals surface area (Å²) in [7, 11) is 4.22. The maximum Gasteiger partial charge on any atom is 0.306 e. The molecule has 1 N–H and O–H groups in total. The van der Waals surface area contributed by atoms with Gasteiger partial charge in [0.1, 0.15) is 0 Å². The van der Waals surface area contributed by atoms with Crippen molar-refractivity contribution in [3.63, 3.8) is 0 Å². The summed E-state index contributed by atoms with van der Waals surface area (Å²) in [4.78, 5) is 25.2. The van der Waals surface area contributed by atoms with E-state index >= 15 is 0 Å². The van der Waals surface area contributed by atoms with E-state index in [4.69, 9.17) is 9.73 Å². The Labute approximate surface area is 209 Å². The molecule has 0 aromatic carbocycles. The molecule has 0 amide bonds. The monoisotopic (exact) mass is 493 g/mol. The van der Waals surface area contributed by atoms with Gasteiger partial charge in [-0.2, -0.15) is 0 Å². The van der Waals surface area contributed by atoms with E-state index in [2.05, 4.69) is 71.2 Å². The molecule has 34 heavy (non-hydrogen) atoms. The highest BCUT2D eigenvalue weighted by molar-refractivity contribution is 7.13. The molecule has 1 aliphatic rings. The molecule has 0 spiro atoms. The summed E-state index contributed by atoms with van der Waals surface area (Å²) in [5.41, 5.74) is 6.47. The summed E-state index contributed by atoms with van der Waals surface area (Å²) in [6.45, 7) is 3.28. The fraction of sp³-hybridized carbons (Fsp3) is 0.333. The van der Waals surface area contributed by atoms with Crippen LogP contribution in [0.15, 0.2) is 63.4 Å². The molecule has 1 aliphatic heterocycles. The SMILES string of the molecule is CCOC(=O)CCC1=CC(c2cccs2)=N/C1=C\c1[nH]c(-c2cccs2)cc1CCCN(C)C. The highest BCUT2D eigenvalue weighted by Gasteiger charge is 2.19. The molecule has 7 heteroatoms. The Morgan fingerprint density at radius 2 is 1.91 bits per heavy atom. The van der Waals surface area contributed by atoms with E-state index in [-0.39, 0.29) is 5.97 Å². The Morgan fingerprint density at radius 3 is 2.59 bits per heavy atom. The first-order valence-corrected chi connectivity index (χ1v) is 13.4. The second kappa shape index (κ2) is 11.6. The van der Waals surface area contributed by atoms with Crippen molar-refractivity contribution >= 4 is 40.4 Å². The van der Waals surface area contributed by atoms with Gasteiger partial charge in [0.2, 0.25) is 0 Å². The maximum absolute atomic E-state index is 12.0. The molecule has 4 heterocycles. The lowest BCUT2D eigenvalue weighted by Gasteiger charge is -2.09. The topological polar surface area (TPSA) is 57.7 Å². The van der Waals surface area contributed by atoms with E-state index in [1.165, 1.54) is 10.4 Å². The smallest absolute Gasteiger partial charge is 0.306 e. The molecule has 3 aromatic heterocycles. The van der Waals surface area contributed by atoms with Gasteiger partial charge in [-0.1, -0.05) is 12.1 Å². The van der Waals surface area contributed by atoms with Crippen LogP contribution in [0, 0.1) is 0 Å². The molecule has 0 saturated carbocycles. The Kier molecular flexibility index (Phi) is 8.32. The third-order valence-electron chi connectivity index (χ3n) is 5.61. The van der Waals surface area contributed by atoms with Crippen molar-refractivity contribution in [3.05, 3.63) is 74.6 Å². The molecule has 0 bridgehead atoms. The molecule has 0 aliphatic carbocycles. The molecular weight excluding hydrogens is 462 g/mol. The first-order chi connectivity index (χ1) is 16.5. The lowest BCUT2D eigenvalue weighted by Crippen LogP contribution is -2.13. The van der Waals surface area contributed by atoms with Crippen LogP contribution in [0.5, 0.6) is 0 Å². The van der Waals surface area contributed by atoms with Crippen LogP contribution in [0.2, 0.25) is 0 Å². The second-order valence-electron chi connectivity index (χ2n) is 8.48. The molecule has 0 radical (unpaired) electrons. The van der Waals surface area contributed by atoms with Gasteiger partial charge in [0.05, 0.1) is 33.5 Å². The molecule has 4 rings (SSSR count). The van der Waals surface area contributed by atoms with Crippen molar-refractivity contribution < 1.29 is 9.53 Å². The van der Waals surface area contributed by atoms with E-state index in [1.54, 1.807) is 22.7 Å². The van der Waals surface area contributed by atoms with Crippen LogP contribution in [-0.2, 0) is 16.0 Å². The highest BCUT2D eigenvalue weighted by atomic mass is 32.1. The molecule has 3 aromatic rings. The summed E-state index contributed by atoms with van der Waals surface area (Å²) in [6.07, 6.45) is 7.30. The lowest BCUT2D eigenvalue weighted by atomic mass is 10.0. The Balaban J connectivity index is 1.65. The van der Waals surface area contributed by atoms with Crippen molar-refractivity contribution in [2.24, 2.45) is 4.99 Å². The number of carbonyl (C=O) groups excluding carboxylic acids is 1. The van der Waals surface area contributed by atoms with Gasteiger partial charge in [-0.3, -0.25) is 4.79 Å². The third kappa shape index (κ3) is 6.23. The first kappa shape index (κ1) is 24.4. The number of rotatable bonds is 11. The van der Waals surface area contributed by atoms with Crippen LogP contribution < -0.4 is 0 Å². The average Bonchev–Trinajstić information content (AvgIpc) is 3.59. The number of esters is 1. The van der Waals surface area contributed by atoms with Crippen molar-refractivity contribution in [1.29, 1.82) is 0 Å². The van der Waals surface area contributed by atoms with E-state index in [9.17, 15) is 4.79 Å². The number of H-pyrrole nitrogens is 1. The van der Waals surface area contributed by atoms with Crippen LogP contribution in [0.3, 0.4) is 0 Å². The standard InChI is InChI=1S/C27H31N3O2S2/c1-4-32-27(31)12-11-20-17-24(26-10-7-15-34-26)29-22(20)18-21-19(8-5-13-30(2)3)16-23(28-21)25-9-6-14-33-25/h6-7,9-10,14-18,28H,4-5,8,11-13H2,1-3H3/b22-18-. The molecule has 178 valence electrons. The van der Waals surface area contributed by atoms with E-state index in [0.29, 0.717) is 19.4 Å². The van der Waals surface area contributed by atoms with Gasteiger partial charge in [-0.05, 0) is 99.1 Å². The molecule has 0 fully saturated rings. The van der Waals surface area contributed by atoms with Crippen molar-refractivity contribution in [2.75, 3.05) is 27.2 Å². The molecule has 0 unspecified atom stereocenters. The van der Waals surface area contributed by atoms with Gasteiger partial charge >= 0.3 is 5.97 Å². The molecule has 5 nitrogen and oxygen atoms in total. The Hall–Kier alpha value is -2.74. The summed E-state index contributed by atoms with van der Waals surface area (Å²) in [5, 5.41) is 4.16. The van der Waals surface area contributed by atoms with Gasteiger partial charge in [-0.15, -0.1) is 22.7 Å². The summed E-state index contributed by atoms with van der Waals surface area (Å²) >= 11 is 3.41. The Bertz CT molecular complexity index is 1180. The largest absolute Gasteiger partial charge is 0.466 e. The number of ether oxygens (including phenoxy) is 1. The van der Waals surface area contributed by atoms with E-state index < -0.39 is 0 Å². The number of hydrogen-bond donors (Lipinski definition) is 1. The summed E-state index contributed by atoms with van der Waals surface area (Å²) in [6, 6.07) is 10.6. The number of thiophene rings is 2. The highest BCUT2D eigenvalue weighted by Crippen LogP contribution is 2.32. The minimum absolute atomic E-state index is 0.170. The number of nitrogens with zero attached hydrogens (tertiary/aromatic N) is 2. The van der Waals surface area contributed by atoms with Gasteiger partial charge in [-0.25, -0.2) is 4.99 Å². The van der Waals surface area contributed by atoms with Crippen LogP contribution >= 0.6 is 22.7 Å². The number of aromatic nitrogens is 1. The predicted molar refractivity (Wildman–Crippen MR) is 144 cm³/mol. The zero-order valence-corrected chi connectivity index (χ0v) is 21.6. The molecule has 0 saturated heterocycles. The number of aromatic amines is 1. The number of aryl methyl sites for hydroxylation is 1. The predicted octanol–water partition coefficient (Wildman–Crippen LogP) is 6.41. The first-order valence-electron chi connectivity index (χ1n) is 11.6. The van der Waals surface area contributed by atoms with Crippen LogP contribution in [0.4, 0.5) is 0 Å². The van der Waals surface area contributed by atoms with E-state index in [0.717, 1.165) is 52.6 Å². The molecular formula is C27H31N3O2S2. The average molecular weight is 494 g/mol. The number of aliphatic imine (C=N–C) groups is 1. The normalized spacial score (nSPS) is 14.6. The van der Waals surface area contributed by atoms with Gasteiger partial charge in [0.15, 0.2) is 0 Å². The van der Waals surface area contributed by atoms with Gasteiger partial charge < -0.3 is 14.6 Å². The fourth-order valence-corrected chi connectivity index (χ4v) is 5.34. The minimum Gasteiger partial charge on any atom is -0.466 e. The Morgan fingerprint density at radius 1 is 1.15 bits per heavy atom. The van der Waals surface area contributed by atoms with Crippen LogP contribution in [-0.4, -0.2) is 48.8 Å². The number of nitrogens with one attached hydrogen (secondary N) is 1. The zero-order valence-electron chi connectivity index (χ0n) is 20.0. The minimum atomic E-state index is -0.170. The fourth-order valence-electron chi connectivity index (χ4n) is 3.95.